The Morgan fingerprint density at radius 3 is 0.734 bits per heavy atom. The molecule has 0 bridgehead atoms. The first-order valence-corrected chi connectivity index (χ1v) is 19.2. The molecule has 382 valence electrons. The summed E-state index contributed by atoms with van der Waals surface area (Å²) in [4.78, 5) is 8.65. The number of nitrogens with zero attached hydrogens (tertiary/aromatic N) is 4. The second-order valence-corrected chi connectivity index (χ2v) is 14.0. The molecule has 0 unspecified atom stereocenters. The molecule has 8 aromatic rings. The molecule has 0 spiro atoms. The second kappa shape index (κ2) is 58.8. The quantitative estimate of drug-likeness (QED) is 0.111. The molecule has 12 heteroatoms. The summed E-state index contributed by atoms with van der Waals surface area (Å²) < 4.78 is 0. The van der Waals surface area contributed by atoms with Crippen LogP contribution in [-0.2, 0) is 184 Å². The molecule has 0 aliphatic carbocycles. The van der Waals surface area contributed by atoms with E-state index in [-0.39, 0.29) is 158 Å². The monoisotopic (exact) mass is 1400 g/mol. The van der Waals surface area contributed by atoms with Crippen molar-refractivity contribution in [3.8, 4) is 0 Å². The first-order chi connectivity index (χ1) is 27.2. The first kappa shape index (κ1) is 80.7. The minimum Gasteiger partial charge on any atom is -0.748 e. The van der Waals surface area contributed by atoms with Crippen molar-refractivity contribution >= 4 is 0 Å². The maximum atomic E-state index is 2.16. The summed E-state index contributed by atoms with van der Waals surface area (Å²) in [5.41, 5.74) is 5.56. The average Bonchev–Trinajstić information content (AvgIpc) is 4.02. The van der Waals surface area contributed by atoms with E-state index in [0.29, 0.717) is 0 Å². The minimum atomic E-state index is 0. The summed E-state index contributed by atoms with van der Waals surface area (Å²) >= 11 is 0. The molecule has 0 atom stereocenters. The molecule has 8 aromatic carbocycles. The van der Waals surface area contributed by atoms with Gasteiger partial charge < -0.3 is 49.4 Å². The SMILES string of the molecule is CN(C)C[c-]1[cH-][cH-][cH-][cH-]1.CN(C)Cc1ccc[cH-]1.CN(C)Cc1ccc[cH-]1.CN(C)Cc1ccc[cH-]1.[Ag+].[Ag+].[Ag].[Ag].[Fe].[Fe].[Fe].[Fe].c1cc[cH-]c1.c1cc[cH-]c1.c1cc[cH-]c1.c1cc[cH-]c1. The Kier molecular flexibility index (Phi) is 74.1. The van der Waals surface area contributed by atoms with Crippen LogP contribution in [0.1, 0.15) is 22.3 Å². The average molecular weight is 1400 g/mol. The van der Waals surface area contributed by atoms with E-state index >= 15 is 0 Å². The molecular weight excluding hydrogens is 1340 g/mol. The molecule has 0 saturated heterocycles. The molecule has 0 amide bonds. The fourth-order valence-electron chi connectivity index (χ4n) is 4.82. The third-order valence-corrected chi connectivity index (χ3v) is 7.14. The summed E-state index contributed by atoms with van der Waals surface area (Å²) in [7, 11) is 16.6. The molecule has 0 aliphatic rings. The van der Waals surface area contributed by atoms with Crippen molar-refractivity contribution in [2.24, 2.45) is 0 Å². The molecule has 64 heavy (non-hydrogen) atoms. The van der Waals surface area contributed by atoms with E-state index in [1.807, 2.05) is 121 Å². The van der Waals surface area contributed by atoms with Crippen molar-refractivity contribution in [3.05, 3.63) is 241 Å². The van der Waals surface area contributed by atoms with Gasteiger partial charge in [-0.15, -0.1) is 0 Å². The van der Waals surface area contributed by atoms with Crippen molar-refractivity contribution < 1.29 is 158 Å². The zero-order valence-electron chi connectivity index (χ0n) is 38.0. The fourth-order valence-corrected chi connectivity index (χ4v) is 4.82. The molecule has 0 N–H and O–H groups in total. The van der Waals surface area contributed by atoms with Crippen LogP contribution in [0.5, 0.6) is 0 Å². The van der Waals surface area contributed by atoms with Gasteiger partial charge in [0.2, 0.25) is 0 Å². The minimum absolute atomic E-state index is 0. The van der Waals surface area contributed by atoms with Crippen LogP contribution in [0.25, 0.3) is 0 Å². The number of hydrogen-bond acceptors (Lipinski definition) is 4. The van der Waals surface area contributed by atoms with Crippen LogP contribution >= 0.6 is 0 Å². The third-order valence-electron chi connectivity index (χ3n) is 7.14. The zero-order chi connectivity index (χ0) is 40.9. The van der Waals surface area contributed by atoms with E-state index in [4.69, 9.17) is 0 Å². The van der Waals surface area contributed by atoms with Gasteiger partial charge in [-0.1, -0.05) is 0 Å². The van der Waals surface area contributed by atoms with E-state index in [0.717, 1.165) is 26.2 Å². The standard InChI is InChI=1S/4C8H12N.4C5H5.4Ag.4Fe/c4*1-9(2)7-8-5-3-4-6-8;4*1-2-4-5-3-1;;;;;;;;/h4*3-6H,7H2,1-2H3;4*1-5H;;;;;;;;/q-5;7*-1;;;2*+1;;;;. The fraction of sp³-hybridized carbons (Fsp3) is 0.231. The van der Waals surface area contributed by atoms with Crippen LogP contribution in [-0.4, -0.2) is 76.0 Å². The topological polar surface area (TPSA) is 13.0 Å². The Bertz CT molecular complexity index is 1400. The predicted molar refractivity (Wildman–Crippen MR) is 246 cm³/mol. The van der Waals surface area contributed by atoms with Crippen molar-refractivity contribution in [2.45, 2.75) is 26.2 Å². The molecule has 0 saturated carbocycles. The predicted octanol–water partition coefficient (Wildman–Crippen LogP) is 11.5. The molecule has 8 rings (SSSR count). The van der Waals surface area contributed by atoms with Crippen LogP contribution < -0.4 is 0 Å². The summed E-state index contributed by atoms with van der Waals surface area (Å²) in [6, 6.07) is 73.7. The van der Waals surface area contributed by atoms with Crippen molar-refractivity contribution in [1.29, 1.82) is 0 Å². The van der Waals surface area contributed by atoms with Crippen LogP contribution in [0.3, 0.4) is 0 Å². The molecule has 0 aliphatic heterocycles. The van der Waals surface area contributed by atoms with Gasteiger partial charge in [0.05, 0.1) is 0 Å². The largest absolute Gasteiger partial charge is 1.00 e. The van der Waals surface area contributed by atoms with Gasteiger partial charge in [0.1, 0.15) is 0 Å². The Morgan fingerprint density at radius 2 is 0.594 bits per heavy atom. The second-order valence-electron chi connectivity index (χ2n) is 14.0. The van der Waals surface area contributed by atoms with Crippen LogP contribution in [0.4, 0.5) is 0 Å². The van der Waals surface area contributed by atoms with E-state index in [2.05, 4.69) is 173 Å². The Hall–Kier alpha value is -0.321. The molecular formula is C52H68Ag4Fe4N4-10. The van der Waals surface area contributed by atoms with Gasteiger partial charge in [-0.3, -0.25) is 0 Å². The Morgan fingerprint density at radius 1 is 0.359 bits per heavy atom. The summed E-state index contributed by atoms with van der Waals surface area (Å²) in [6.45, 7) is 4.19. The van der Waals surface area contributed by atoms with Gasteiger partial charge in [0.25, 0.3) is 0 Å². The van der Waals surface area contributed by atoms with Crippen molar-refractivity contribution in [2.75, 3.05) is 56.4 Å². The number of rotatable bonds is 8. The third kappa shape index (κ3) is 56.0. The Labute approximate surface area is 494 Å². The maximum absolute atomic E-state index is 2.16. The molecule has 0 fully saturated rings. The molecule has 4 nitrogen and oxygen atoms in total. The van der Waals surface area contributed by atoms with E-state index in [1.165, 1.54) is 22.3 Å². The van der Waals surface area contributed by atoms with E-state index in [1.54, 1.807) is 0 Å². The maximum Gasteiger partial charge on any atom is 1.00 e. The molecule has 0 heterocycles. The zero-order valence-corrected chi connectivity index (χ0v) is 48.4. The van der Waals surface area contributed by atoms with Gasteiger partial charge >= 0.3 is 44.8 Å². The van der Waals surface area contributed by atoms with Gasteiger partial charge in [0, 0.05) is 113 Å². The van der Waals surface area contributed by atoms with Crippen LogP contribution in [0.15, 0.2) is 218 Å². The van der Waals surface area contributed by atoms with Crippen LogP contribution in [0.2, 0.25) is 0 Å². The van der Waals surface area contributed by atoms with Crippen molar-refractivity contribution in [3.63, 3.8) is 0 Å². The first-order valence-electron chi connectivity index (χ1n) is 19.2. The molecule has 0 aromatic heterocycles. The van der Waals surface area contributed by atoms with E-state index in [9.17, 15) is 0 Å². The van der Waals surface area contributed by atoms with Gasteiger partial charge in [-0.05, 0) is 76.0 Å². The van der Waals surface area contributed by atoms with Crippen molar-refractivity contribution in [1.82, 2.24) is 19.6 Å². The summed E-state index contributed by atoms with van der Waals surface area (Å²) in [6.07, 6.45) is 0. The smallest absolute Gasteiger partial charge is 0.748 e. The van der Waals surface area contributed by atoms with Crippen LogP contribution in [0, 0.1) is 0 Å². The van der Waals surface area contributed by atoms with Gasteiger partial charge in [-0.2, -0.15) is 132 Å². The van der Waals surface area contributed by atoms with E-state index < -0.39 is 0 Å². The summed E-state index contributed by atoms with van der Waals surface area (Å²) in [5.74, 6) is 0. The Balaban J connectivity index is -0.0000000927. The summed E-state index contributed by atoms with van der Waals surface area (Å²) in [5, 5.41) is 0. The van der Waals surface area contributed by atoms with Gasteiger partial charge in [0.15, 0.2) is 0 Å². The number of hydrogen-bond donors (Lipinski definition) is 0. The normalized spacial score (nSPS) is 8.44. The molecule has 2 radical (unpaired) electrons. The van der Waals surface area contributed by atoms with Gasteiger partial charge in [-0.25, -0.2) is 84.9 Å².